The van der Waals surface area contributed by atoms with Gasteiger partial charge in [-0.15, -0.1) is 25.8 Å². The Hall–Kier alpha value is -0.950. The molecule has 0 saturated heterocycles. The minimum Gasteiger partial charge on any atom is -0.406 e. The monoisotopic (exact) mass is 253 g/mol. The Balaban J connectivity index is 2.68. The van der Waals surface area contributed by atoms with Crippen molar-refractivity contribution in [2.75, 3.05) is 5.32 Å². The van der Waals surface area contributed by atoms with Crippen molar-refractivity contribution >= 4 is 34.9 Å². The molecular formula is C8H6F3NOS2. The van der Waals surface area contributed by atoms with Gasteiger partial charge in [-0.05, 0) is 24.3 Å². The normalized spacial score (nSPS) is 10.9. The zero-order valence-electron chi connectivity index (χ0n) is 7.21. The summed E-state index contributed by atoms with van der Waals surface area (Å²) in [6.07, 6.45) is -4.67. The van der Waals surface area contributed by atoms with E-state index in [4.69, 9.17) is 0 Å². The average Bonchev–Trinajstić information content (AvgIpc) is 2.05. The van der Waals surface area contributed by atoms with Crippen LogP contribution in [0.2, 0.25) is 0 Å². The van der Waals surface area contributed by atoms with Gasteiger partial charge in [0, 0.05) is 5.69 Å². The van der Waals surface area contributed by atoms with Gasteiger partial charge in [0.15, 0.2) is 0 Å². The predicted octanol–water partition coefficient (Wildman–Crippen LogP) is 3.21. The van der Waals surface area contributed by atoms with Gasteiger partial charge in [-0.25, -0.2) is 0 Å². The summed E-state index contributed by atoms with van der Waals surface area (Å²) in [6, 6.07) is 5.18. The molecule has 0 aliphatic heterocycles. The number of thiol groups is 1. The summed E-state index contributed by atoms with van der Waals surface area (Å²) in [7, 11) is 0. The molecule has 1 rings (SSSR count). The van der Waals surface area contributed by atoms with E-state index >= 15 is 0 Å². The van der Waals surface area contributed by atoms with Crippen LogP contribution in [0.15, 0.2) is 24.3 Å². The first-order valence-electron chi connectivity index (χ1n) is 3.72. The standard InChI is InChI=1S/C8H6F3NOS2/c9-8(10,11)13-6-3-1-5(2-4-6)12-7(14)15/h1-4H,(H2,12,14,15). The molecule has 0 radical (unpaired) electrons. The van der Waals surface area contributed by atoms with Crippen LogP contribution >= 0.6 is 24.8 Å². The first-order valence-corrected chi connectivity index (χ1v) is 4.58. The van der Waals surface area contributed by atoms with Gasteiger partial charge in [0.25, 0.3) is 0 Å². The molecule has 0 aromatic heterocycles. The van der Waals surface area contributed by atoms with Crippen LogP contribution in [-0.4, -0.2) is 10.7 Å². The van der Waals surface area contributed by atoms with Crippen molar-refractivity contribution in [3.63, 3.8) is 0 Å². The molecule has 1 aromatic rings. The Morgan fingerprint density at radius 2 is 1.80 bits per heavy atom. The fourth-order valence-electron chi connectivity index (χ4n) is 0.863. The predicted molar refractivity (Wildman–Crippen MR) is 58.3 cm³/mol. The minimum atomic E-state index is -4.67. The third-order valence-corrected chi connectivity index (χ3v) is 1.55. The van der Waals surface area contributed by atoms with Crippen molar-refractivity contribution in [2.45, 2.75) is 6.36 Å². The van der Waals surface area contributed by atoms with Gasteiger partial charge < -0.3 is 10.1 Å². The Kier molecular flexibility index (Phi) is 3.81. The first-order chi connectivity index (χ1) is 6.87. The molecule has 15 heavy (non-hydrogen) atoms. The number of rotatable bonds is 2. The third-order valence-electron chi connectivity index (χ3n) is 1.34. The Bertz CT molecular complexity index is 350. The summed E-state index contributed by atoms with van der Waals surface area (Å²) in [5.74, 6) is -0.280. The van der Waals surface area contributed by atoms with Crippen LogP contribution in [0, 0.1) is 0 Å². The van der Waals surface area contributed by atoms with Crippen molar-refractivity contribution < 1.29 is 17.9 Å². The molecule has 0 aliphatic rings. The van der Waals surface area contributed by atoms with E-state index in [0.717, 1.165) is 0 Å². The summed E-state index contributed by atoms with van der Waals surface area (Å²) in [6.45, 7) is 0. The third kappa shape index (κ3) is 4.89. The summed E-state index contributed by atoms with van der Waals surface area (Å²) in [4.78, 5) is 0. The number of ether oxygens (including phenoxy) is 1. The molecule has 0 heterocycles. The Labute approximate surface area is 94.8 Å². The molecule has 0 unspecified atom stereocenters. The average molecular weight is 253 g/mol. The number of nitrogens with one attached hydrogen (secondary N) is 1. The van der Waals surface area contributed by atoms with Crippen LogP contribution in [0.4, 0.5) is 18.9 Å². The molecule has 0 atom stereocenters. The van der Waals surface area contributed by atoms with Crippen molar-refractivity contribution in [1.82, 2.24) is 0 Å². The van der Waals surface area contributed by atoms with Gasteiger partial charge in [0.05, 0.1) is 0 Å². The van der Waals surface area contributed by atoms with E-state index in [1.54, 1.807) is 0 Å². The lowest BCUT2D eigenvalue weighted by molar-refractivity contribution is -0.274. The maximum Gasteiger partial charge on any atom is 0.573 e. The number of thiocarbonyl (C=S) groups is 1. The van der Waals surface area contributed by atoms with E-state index in [0.29, 0.717) is 5.69 Å². The smallest absolute Gasteiger partial charge is 0.406 e. The lowest BCUT2D eigenvalue weighted by Crippen LogP contribution is -2.17. The van der Waals surface area contributed by atoms with E-state index in [1.165, 1.54) is 24.3 Å². The molecule has 0 fully saturated rings. The van der Waals surface area contributed by atoms with E-state index < -0.39 is 6.36 Å². The molecule has 0 aliphatic carbocycles. The fourth-order valence-corrected chi connectivity index (χ4v) is 1.11. The van der Waals surface area contributed by atoms with Gasteiger partial charge >= 0.3 is 6.36 Å². The number of anilines is 1. The Morgan fingerprint density at radius 3 is 2.20 bits per heavy atom. The quantitative estimate of drug-likeness (QED) is 0.624. The van der Waals surface area contributed by atoms with Crippen LogP contribution in [0.5, 0.6) is 5.75 Å². The van der Waals surface area contributed by atoms with Gasteiger partial charge in [-0.3, -0.25) is 0 Å². The van der Waals surface area contributed by atoms with E-state index in [2.05, 4.69) is 34.9 Å². The number of benzene rings is 1. The van der Waals surface area contributed by atoms with Crippen LogP contribution in [-0.2, 0) is 0 Å². The highest BCUT2D eigenvalue weighted by atomic mass is 32.1. The molecule has 2 nitrogen and oxygen atoms in total. The molecular weight excluding hydrogens is 247 g/mol. The van der Waals surface area contributed by atoms with Gasteiger partial charge in [0.1, 0.15) is 10.1 Å². The lowest BCUT2D eigenvalue weighted by atomic mass is 10.3. The van der Waals surface area contributed by atoms with E-state index in [1.807, 2.05) is 0 Å². The summed E-state index contributed by atoms with van der Waals surface area (Å²) >= 11 is 8.45. The zero-order valence-corrected chi connectivity index (χ0v) is 8.92. The fraction of sp³-hybridized carbons (Fsp3) is 0.125. The molecule has 0 bridgehead atoms. The topological polar surface area (TPSA) is 21.3 Å². The van der Waals surface area contributed by atoms with Crippen molar-refractivity contribution in [1.29, 1.82) is 0 Å². The number of alkyl halides is 3. The molecule has 1 N–H and O–H groups in total. The summed E-state index contributed by atoms with van der Waals surface area (Å²) in [5.41, 5.74) is 0.546. The molecule has 0 saturated carbocycles. The van der Waals surface area contributed by atoms with Crippen LogP contribution in [0.1, 0.15) is 0 Å². The lowest BCUT2D eigenvalue weighted by Gasteiger charge is -2.09. The second-order valence-corrected chi connectivity index (χ2v) is 3.66. The highest BCUT2D eigenvalue weighted by Gasteiger charge is 2.30. The van der Waals surface area contributed by atoms with Crippen LogP contribution in [0.3, 0.4) is 0 Å². The maximum absolute atomic E-state index is 11.8. The van der Waals surface area contributed by atoms with E-state index in [9.17, 15) is 13.2 Å². The number of halogens is 3. The van der Waals surface area contributed by atoms with Crippen molar-refractivity contribution in [3.8, 4) is 5.75 Å². The Morgan fingerprint density at radius 1 is 1.27 bits per heavy atom. The second-order valence-electron chi connectivity index (χ2n) is 2.50. The number of hydrogen-bond acceptors (Lipinski definition) is 2. The van der Waals surface area contributed by atoms with Crippen molar-refractivity contribution in [2.24, 2.45) is 0 Å². The molecule has 0 amide bonds. The van der Waals surface area contributed by atoms with Gasteiger partial charge in [0.2, 0.25) is 0 Å². The van der Waals surface area contributed by atoms with Crippen LogP contribution < -0.4 is 10.1 Å². The zero-order chi connectivity index (χ0) is 11.5. The van der Waals surface area contributed by atoms with Gasteiger partial charge in [-0.2, -0.15) is 0 Å². The number of hydrogen-bond donors (Lipinski definition) is 2. The van der Waals surface area contributed by atoms with Crippen molar-refractivity contribution in [3.05, 3.63) is 24.3 Å². The SMILES string of the molecule is FC(F)(F)Oc1ccc(NC(=S)S)cc1. The largest absolute Gasteiger partial charge is 0.573 e. The summed E-state index contributed by atoms with van der Waals surface area (Å²) in [5, 5.41) is 2.65. The maximum atomic E-state index is 11.8. The highest BCUT2D eigenvalue weighted by molar-refractivity contribution is 8.11. The van der Waals surface area contributed by atoms with E-state index in [-0.39, 0.29) is 10.1 Å². The second kappa shape index (κ2) is 4.71. The van der Waals surface area contributed by atoms with Gasteiger partial charge in [-0.1, -0.05) is 12.2 Å². The summed E-state index contributed by atoms with van der Waals surface area (Å²) < 4.78 is 39.3. The molecule has 82 valence electrons. The van der Waals surface area contributed by atoms with Crippen LogP contribution in [0.25, 0.3) is 0 Å². The first kappa shape index (κ1) is 12.1. The molecule has 1 aromatic carbocycles. The molecule has 7 heteroatoms. The minimum absolute atomic E-state index is 0.236. The highest BCUT2D eigenvalue weighted by Crippen LogP contribution is 2.23. The molecule has 0 spiro atoms.